The molecule has 2 N–H and O–H groups in total. The zero-order valence-electron chi connectivity index (χ0n) is 16.8. The van der Waals surface area contributed by atoms with Gasteiger partial charge < -0.3 is 25.0 Å². The van der Waals surface area contributed by atoms with E-state index in [-0.39, 0.29) is 12.5 Å². The van der Waals surface area contributed by atoms with Crippen LogP contribution in [0.2, 0.25) is 0 Å². The van der Waals surface area contributed by atoms with Crippen molar-refractivity contribution in [2.24, 2.45) is 0 Å². The van der Waals surface area contributed by atoms with Crippen molar-refractivity contribution in [1.82, 2.24) is 14.9 Å². The molecule has 3 heterocycles. The van der Waals surface area contributed by atoms with Gasteiger partial charge in [0.25, 0.3) is 0 Å². The largest absolute Gasteiger partial charge is 0.448 e. The van der Waals surface area contributed by atoms with E-state index >= 15 is 0 Å². The summed E-state index contributed by atoms with van der Waals surface area (Å²) in [5, 5.41) is 6.06. The maximum Gasteiger partial charge on any atom is 0.410 e. The number of nitrogens with one attached hydrogen (secondary N) is 2. The van der Waals surface area contributed by atoms with Crippen LogP contribution >= 0.6 is 0 Å². The second kappa shape index (κ2) is 8.95. The molecule has 10 nitrogen and oxygen atoms in total. The van der Waals surface area contributed by atoms with Crippen LogP contribution in [-0.4, -0.2) is 72.9 Å². The molecule has 2 aliphatic heterocycles. The maximum atomic E-state index is 12.1. The molecule has 10 heteroatoms. The molecule has 2 saturated heterocycles. The molecule has 0 unspecified atom stereocenters. The van der Waals surface area contributed by atoms with Gasteiger partial charge in [0.15, 0.2) is 0 Å². The van der Waals surface area contributed by atoms with Gasteiger partial charge in [-0.05, 0) is 31.2 Å². The highest BCUT2D eigenvalue weighted by atomic mass is 16.6. The van der Waals surface area contributed by atoms with E-state index in [9.17, 15) is 9.59 Å². The number of benzene rings is 1. The average molecular weight is 412 g/mol. The highest BCUT2D eigenvalue weighted by Crippen LogP contribution is 2.22. The van der Waals surface area contributed by atoms with Crippen LogP contribution in [0.4, 0.5) is 27.8 Å². The third-order valence-electron chi connectivity index (χ3n) is 4.78. The summed E-state index contributed by atoms with van der Waals surface area (Å²) < 4.78 is 10.2. The first-order chi connectivity index (χ1) is 14.6. The number of anilines is 4. The molecule has 4 rings (SSSR count). The van der Waals surface area contributed by atoms with Crippen molar-refractivity contribution in [3.05, 3.63) is 36.2 Å². The maximum absolute atomic E-state index is 12.1. The minimum atomic E-state index is -0.457. The Hall–Kier alpha value is -3.40. The second-order valence-electron chi connectivity index (χ2n) is 7.04. The number of carbonyl (C=O) groups excluding carboxylic acids is 2. The Morgan fingerprint density at radius 1 is 1.07 bits per heavy atom. The summed E-state index contributed by atoms with van der Waals surface area (Å²) in [6, 6.07) is 9.21. The lowest BCUT2D eigenvalue weighted by Crippen LogP contribution is -2.36. The van der Waals surface area contributed by atoms with Crippen molar-refractivity contribution in [2.45, 2.75) is 6.92 Å². The molecule has 158 valence electrons. The van der Waals surface area contributed by atoms with E-state index in [1.54, 1.807) is 12.1 Å². The summed E-state index contributed by atoms with van der Waals surface area (Å²) in [6.45, 7) is 5.59. The quantitative estimate of drug-likeness (QED) is 0.739. The normalized spacial score (nSPS) is 16.4. The van der Waals surface area contributed by atoms with E-state index in [1.165, 1.54) is 4.90 Å². The van der Waals surface area contributed by atoms with Crippen molar-refractivity contribution >= 4 is 35.0 Å². The number of cyclic esters (lactones) is 1. The zero-order valence-corrected chi connectivity index (χ0v) is 16.8. The van der Waals surface area contributed by atoms with Gasteiger partial charge in [-0.15, -0.1) is 0 Å². The van der Waals surface area contributed by atoms with Gasteiger partial charge in [0.05, 0.1) is 19.8 Å². The fourth-order valence-electron chi connectivity index (χ4n) is 3.30. The van der Waals surface area contributed by atoms with Crippen LogP contribution in [0.3, 0.4) is 0 Å². The summed E-state index contributed by atoms with van der Waals surface area (Å²) >= 11 is 0. The van der Waals surface area contributed by atoms with Crippen LogP contribution in [0, 0.1) is 6.92 Å². The molecule has 0 atom stereocenters. The summed E-state index contributed by atoms with van der Waals surface area (Å²) in [5.74, 6) is 1.99. The number of carbonyl (C=O) groups is 2. The van der Waals surface area contributed by atoms with E-state index in [0.717, 1.165) is 24.6 Å². The Morgan fingerprint density at radius 3 is 2.50 bits per heavy atom. The van der Waals surface area contributed by atoms with Crippen molar-refractivity contribution in [2.75, 3.05) is 61.5 Å². The smallest absolute Gasteiger partial charge is 0.410 e. The molecule has 2 fully saturated rings. The van der Waals surface area contributed by atoms with E-state index < -0.39 is 6.09 Å². The van der Waals surface area contributed by atoms with Crippen molar-refractivity contribution < 1.29 is 19.1 Å². The number of ether oxygens (including phenoxy) is 2. The van der Waals surface area contributed by atoms with E-state index in [4.69, 9.17) is 9.47 Å². The van der Waals surface area contributed by atoms with Gasteiger partial charge in [-0.25, -0.2) is 14.8 Å². The minimum absolute atomic E-state index is 0.0244. The molecule has 0 spiro atoms. The lowest BCUT2D eigenvalue weighted by molar-refractivity contribution is -0.116. The summed E-state index contributed by atoms with van der Waals surface area (Å²) in [7, 11) is 0. The Balaban J connectivity index is 1.37. The third-order valence-corrected chi connectivity index (χ3v) is 4.78. The molecule has 2 aromatic rings. The van der Waals surface area contributed by atoms with Crippen molar-refractivity contribution in [3.8, 4) is 0 Å². The van der Waals surface area contributed by atoms with E-state index in [0.29, 0.717) is 43.7 Å². The summed E-state index contributed by atoms with van der Waals surface area (Å²) in [4.78, 5) is 36.1. The van der Waals surface area contributed by atoms with Gasteiger partial charge >= 0.3 is 6.09 Å². The van der Waals surface area contributed by atoms with Gasteiger partial charge in [0, 0.05) is 30.5 Å². The van der Waals surface area contributed by atoms with Crippen molar-refractivity contribution in [3.63, 3.8) is 0 Å². The summed E-state index contributed by atoms with van der Waals surface area (Å²) in [5.41, 5.74) is 1.48. The number of aryl methyl sites for hydroxylation is 1. The number of hydrogen-bond acceptors (Lipinski definition) is 8. The number of amides is 2. The van der Waals surface area contributed by atoms with Crippen LogP contribution in [0.5, 0.6) is 0 Å². The predicted molar refractivity (Wildman–Crippen MR) is 111 cm³/mol. The van der Waals surface area contributed by atoms with Crippen LogP contribution in [0.25, 0.3) is 0 Å². The Bertz CT molecular complexity index is 914. The fourth-order valence-corrected chi connectivity index (χ4v) is 3.30. The molecule has 2 amide bonds. The monoisotopic (exact) mass is 412 g/mol. The predicted octanol–water partition coefficient (Wildman–Crippen LogP) is 1.76. The van der Waals surface area contributed by atoms with Gasteiger partial charge in [0.2, 0.25) is 5.91 Å². The average Bonchev–Trinajstić information content (AvgIpc) is 3.14. The first kappa shape index (κ1) is 19.9. The van der Waals surface area contributed by atoms with Crippen LogP contribution in [-0.2, 0) is 14.3 Å². The highest BCUT2D eigenvalue weighted by Gasteiger charge is 2.24. The SMILES string of the molecule is Cc1nc(Nc2ccc(NC(=O)CN3CCOC3=O)cc2)cc(N2CCOCC2)n1. The van der Waals surface area contributed by atoms with Gasteiger partial charge in [-0.3, -0.25) is 9.69 Å². The number of aromatic nitrogens is 2. The first-order valence-electron chi connectivity index (χ1n) is 9.84. The molecular weight excluding hydrogens is 388 g/mol. The number of rotatable bonds is 6. The summed E-state index contributed by atoms with van der Waals surface area (Å²) in [6.07, 6.45) is -0.457. The Morgan fingerprint density at radius 2 is 1.80 bits per heavy atom. The Labute approximate surface area is 174 Å². The Kier molecular flexibility index (Phi) is 5.94. The van der Waals surface area contributed by atoms with Gasteiger partial charge in [-0.1, -0.05) is 0 Å². The lowest BCUT2D eigenvalue weighted by atomic mass is 10.2. The van der Waals surface area contributed by atoms with Crippen LogP contribution < -0.4 is 15.5 Å². The fraction of sp³-hybridized carbons (Fsp3) is 0.400. The highest BCUT2D eigenvalue weighted by molar-refractivity contribution is 5.94. The molecule has 0 bridgehead atoms. The zero-order chi connectivity index (χ0) is 20.9. The topological polar surface area (TPSA) is 109 Å². The van der Waals surface area contributed by atoms with Crippen molar-refractivity contribution in [1.29, 1.82) is 0 Å². The van der Waals surface area contributed by atoms with Crippen LogP contribution in [0.15, 0.2) is 30.3 Å². The second-order valence-corrected chi connectivity index (χ2v) is 7.04. The molecule has 1 aromatic carbocycles. The van der Waals surface area contributed by atoms with Gasteiger partial charge in [-0.2, -0.15) is 0 Å². The molecule has 0 radical (unpaired) electrons. The molecule has 1 aromatic heterocycles. The minimum Gasteiger partial charge on any atom is -0.448 e. The number of morpholine rings is 1. The number of hydrogen-bond donors (Lipinski definition) is 2. The van der Waals surface area contributed by atoms with E-state index in [1.807, 2.05) is 25.1 Å². The van der Waals surface area contributed by atoms with Crippen LogP contribution in [0.1, 0.15) is 5.82 Å². The van der Waals surface area contributed by atoms with E-state index in [2.05, 4.69) is 25.5 Å². The molecule has 0 saturated carbocycles. The molecule has 30 heavy (non-hydrogen) atoms. The third kappa shape index (κ3) is 4.95. The molecule has 2 aliphatic rings. The standard InChI is InChI=1S/C20H24N6O4/c1-14-21-17(12-18(22-14)25-6-9-29-10-7-25)23-15-2-4-16(5-3-15)24-19(27)13-26-8-11-30-20(26)28/h2-5,12H,6-11,13H2,1H3,(H,24,27)(H,21,22,23). The van der Waals surface area contributed by atoms with Gasteiger partial charge in [0.1, 0.15) is 30.6 Å². The lowest BCUT2D eigenvalue weighted by Gasteiger charge is -2.28. The first-order valence-corrected chi connectivity index (χ1v) is 9.84. The number of nitrogens with zero attached hydrogens (tertiary/aromatic N) is 4. The molecular formula is C20H24N6O4. The molecule has 0 aliphatic carbocycles.